The minimum absolute atomic E-state index is 0.0142. The lowest BCUT2D eigenvalue weighted by atomic mass is 10.1. The lowest BCUT2D eigenvalue weighted by molar-refractivity contribution is -0.121. The zero-order valence-electron chi connectivity index (χ0n) is 16.2. The summed E-state index contributed by atoms with van der Waals surface area (Å²) in [5, 5.41) is 2.98. The van der Waals surface area contributed by atoms with Crippen molar-refractivity contribution in [3.05, 3.63) is 64.0 Å². The van der Waals surface area contributed by atoms with Gasteiger partial charge in [0.05, 0.1) is 35.1 Å². The SMILES string of the molecule is CCOC(=O)c1cccc(CN2C(=O)COc3ccc(-c4csc(C)n4)cc32)c1. The minimum atomic E-state index is -0.371. The molecule has 148 valence electrons. The number of carbonyl (C=O) groups excluding carboxylic acids is 2. The van der Waals surface area contributed by atoms with Gasteiger partial charge in [-0.2, -0.15) is 0 Å². The van der Waals surface area contributed by atoms with Gasteiger partial charge in [-0.15, -0.1) is 11.3 Å². The molecule has 1 aliphatic heterocycles. The number of hydrogen-bond donors (Lipinski definition) is 0. The highest BCUT2D eigenvalue weighted by Gasteiger charge is 2.26. The summed E-state index contributed by atoms with van der Waals surface area (Å²) >= 11 is 1.58. The smallest absolute Gasteiger partial charge is 0.338 e. The molecule has 2 heterocycles. The maximum Gasteiger partial charge on any atom is 0.338 e. The van der Waals surface area contributed by atoms with E-state index in [2.05, 4.69) is 4.98 Å². The molecule has 0 unspecified atom stereocenters. The van der Waals surface area contributed by atoms with Crippen molar-refractivity contribution >= 4 is 28.9 Å². The number of esters is 1. The number of anilines is 1. The molecule has 0 N–H and O–H groups in total. The third-order valence-electron chi connectivity index (χ3n) is 4.60. The van der Waals surface area contributed by atoms with Gasteiger partial charge in [0.1, 0.15) is 5.75 Å². The molecule has 1 amide bonds. The van der Waals surface area contributed by atoms with Gasteiger partial charge in [0, 0.05) is 10.9 Å². The van der Waals surface area contributed by atoms with E-state index in [1.807, 2.05) is 36.6 Å². The minimum Gasteiger partial charge on any atom is -0.482 e. The summed E-state index contributed by atoms with van der Waals surface area (Å²) in [6.07, 6.45) is 0. The molecule has 0 radical (unpaired) electrons. The molecule has 0 bridgehead atoms. The van der Waals surface area contributed by atoms with Crippen LogP contribution in [0.5, 0.6) is 5.75 Å². The van der Waals surface area contributed by atoms with Crippen LogP contribution in [0.1, 0.15) is 27.9 Å². The quantitative estimate of drug-likeness (QED) is 0.591. The summed E-state index contributed by atoms with van der Waals surface area (Å²) in [4.78, 5) is 30.9. The van der Waals surface area contributed by atoms with Gasteiger partial charge in [-0.1, -0.05) is 12.1 Å². The van der Waals surface area contributed by atoms with E-state index >= 15 is 0 Å². The number of rotatable bonds is 5. The van der Waals surface area contributed by atoms with Crippen LogP contribution in [-0.4, -0.2) is 30.1 Å². The van der Waals surface area contributed by atoms with Gasteiger partial charge in [-0.05, 0) is 49.7 Å². The molecule has 1 aliphatic rings. The lowest BCUT2D eigenvalue weighted by Crippen LogP contribution is -2.38. The number of nitrogens with zero attached hydrogens (tertiary/aromatic N) is 2. The first-order valence-electron chi connectivity index (χ1n) is 9.31. The van der Waals surface area contributed by atoms with E-state index in [1.165, 1.54) is 0 Å². The Balaban J connectivity index is 1.66. The summed E-state index contributed by atoms with van der Waals surface area (Å²) in [5.41, 5.74) is 3.81. The number of aryl methyl sites for hydroxylation is 1. The van der Waals surface area contributed by atoms with Gasteiger partial charge >= 0.3 is 5.97 Å². The maximum absolute atomic E-state index is 12.6. The predicted octanol–water partition coefficient (Wildman–Crippen LogP) is 4.22. The van der Waals surface area contributed by atoms with Gasteiger partial charge in [0.2, 0.25) is 0 Å². The van der Waals surface area contributed by atoms with Crippen molar-refractivity contribution in [1.29, 1.82) is 0 Å². The summed E-state index contributed by atoms with van der Waals surface area (Å²) < 4.78 is 10.7. The van der Waals surface area contributed by atoms with Crippen LogP contribution in [0.2, 0.25) is 0 Å². The van der Waals surface area contributed by atoms with Crippen LogP contribution in [-0.2, 0) is 16.1 Å². The Kier molecular flexibility index (Phi) is 5.31. The number of carbonyl (C=O) groups is 2. The van der Waals surface area contributed by atoms with Crippen LogP contribution in [0.4, 0.5) is 5.69 Å². The average molecular weight is 408 g/mol. The van der Waals surface area contributed by atoms with E-state index in [0.717, 1.165) is 21.8 Å². The van der Waals surface area contributed by atoms with Crippen LogP contribution >= 0.6 is 11.3 Å². The molecule has 7 heteroatoms. The summed E-state index contributed by atoms with van der Waals surface area (Å²) in [6, 6.07) is 12.9. The molecule has 29 heavy (non-hydrogen) atoms. The lowest BCUT2D eigenvalue weighted by Gasteiger charge is -2.30. The van der Waals surface area contributed by atoms with Gasteiger partial charge in [0.25, 0.3) is 5.91 Å². The standard InChI is InChI=1S/C22H20N2O4S/c1-3-27-22(26)17-6-4-5-15(9-17)11-24-19-10-16(18-13-29-14(2)23-18)7-8-20(19)28-12-21(24)25/h4-10,13H,3,11-12H2,1-2H3. The van der Waals surface area contributed by atoms with Crippen LogP contribution in [0.15, 0.2) is 47.8 Å². The van der Waals surface area contributed by atoms with Crippen molar-refractivity contribution in [2.24, 2.45) is 0 Å². The maximum atomic E-state index is 12.6. The van der Waals surface area contributed by atoms with E-state index in [-0.39, 0.29) is 18.5 Å². The molecular formula is C22H20N2O4S. The van der Waals surface area contributed by atoms with E-state index in [0.29, 0.717) is 30.2 Å². The monoisotopic (exact) mass is 408 g/mol. The molecule has 6 nitrogen and oxygen atoms in total. The summed E-state index contributed by atoms with van der Waals surface area (Å²) in [5.74, 6) is 0.150. The van der Waals surface area contributed by atoms with Crippen LogP contribution in [0, 0.1) is 6.92 Å². The molecule has 3 aromatic rings. The number of thiazole rings is 1. The second-order valence-electron chi connectivity index (χ2n) is 6.62. The number of aromatic nitrogens is 1. The number of fused-ring (bicyclic) bond motifs is 1. The molecular weight excluding hydrogens is 388 g/mol. The summed E-state index contributed by atoms with van der Waals surface area (Å²) in [6.45, 7) is 4.37. The Bertz CT molecular complexity index is 1080. The highest BCUT2D eigenvalue weighted by Crippen LogP contribution is 2.37. The first kappa shape index (κ1) is 19.1. The molecule has 0 spiro atoms. The Morgan fingerprint density at radius 1 is 1.28 bits per heavy atom. The van der Waals surface area contributed by atoms with E-state index in [9.17, 15) is 9.59 Å². The molecule has 0 atom stereocenters. The van der Waals surface area contributed by atoms with E-state index in [1.54, 1.807) is 41.4 Å². The molecule has 0 saturated carbocycles. The van der Waals surface area contributed by atoms with Crippen molar-refractivity contribution in [2.75, 3.05) is 18.1 Å². The van der Waals surface area contributed by atoms with Gasteiger partial charge in [0.15, 0.2) is 6.61 Å². The Labute approximate surface area is 172 Å². The summed E-state index contributed by atoms with van der Waals surface area (Å²) in [7, 11) is 0. The molecule has 0 fully saturated rings. The first-order valence-corrected chi connectivity index (χ1v) is 10.2. The fourth-order valence-corrected chi connectivity index (χ4v) is 3.85. The topological polar surface area (TPSA) is 68.7 Å². The van der Waals surface area contributed by atoms with Crippen LogP contribution < -0.4 is 9.64 Å². The van der Waals surface area contributed by atoms with Crippen molar-refractivity contribution in [2.45, 2.75) is 20.4 Å². The highest BCUT2D eigenvalue weighted by molar-refractivity contribution is 7.09. The van der Waals surface area contributed by atoms with Crippen LogP contribution in [0.25, 0.3) is 11.3 Å². The predicted molar refractivity (Wildman–Crippen MR) is 111 cm³/mol. The Hall–Kier alpha value is -3.19. The molecule has 4 rings (SSSR count). The largest absolute Gasteiger partial charge is 0.482 e. The van der Waals surface area contributed by atoms with Crippen molar-refractivity contribution in [1.82, 2.24) is 4.98 Å². The van der Waals surface area contributed by atoms with Gasteiger partial charge in [-0.3, -0.25) is 4.79 Å². The van der Waals surface area contributed by atoms with Crippen molar-refractivity contribution in [3.8, 4) is 17.0 Å². The van der Waals surface area contributed by atoms with Gasteiger partial charge < -0.3 is 14.4 Å². The number of ether oxygens (including phenoxy) is 2. The average Bonchev–Trinajstić information content (AvgIpc) is 3.16. The molecule has 2 aromatic carbocycles. The zero-order valence-corrected chi connectivity index (χ0v) is 17.0. The van der Waals surface area contributed by atoms with Crippen LogP contribution in [0.3, 0.4) is 0 Å². The Morgan fingerprint density at radius 2 is 2.14 bits per heavy atom. The molecule has 0 saturated heterocycles. The van der Waals surface area contributed by atoms with Crippen molar-refractivity contribution in [3.63, 3.8) is 0 Å². The molecule has 0 aliphatic carbocycles. The normalized spacial score (nSPS) is 13.0. The molecule has 1 aromatic heterocycles. The second-order valence-corrected chi connectivity index (χ2v) is 7.69. The third-order valence-corrected chi connectivity index (χ3v) is 5.37. The number of hydrogen-bond acceptors (Lipinski definition) is 6. The van der Waals surface area contributed by atoms with E-state index in [4.69, 9.17) is 9.47 Å². The fraction of sp³-hybridized carbons (Fsp3) is 0.227. The zero-order chi connectivity index (χ0) is 20.4. The third kappa shape index (κ3) is 4.00. The second kappa shape index (κ2) is 8.05. The van der Waals surface area contributed by atoms with Gasteiger partial charge in [-0.25, -0.2) is 9.78 Å². The number of benzene rings is 2. The first-order chi connectivity index (χ1) is 14.0. The fourth-order valence-electron chi connectivity index (χ4n) is 3.22. The van der Waals surface area contributed by atoms with E-state index < -0.39 is 0 Å². The number of amides is 1. The highest BCUT2D eigenvalue weighted by atomic mass is 32.1. The Morgan fingerprint density at radius 3 is 2.90 bits per heavy atom. The van der Waals surface area contributed by atoms with Crippen molar-refractivity contribution < 1.29 is 19.1 Å².